The van der Waals surface area contributed by atoms with Crippen LogP contribution < -0.4 is 0 Å². The maximum atomic E-state index is 12.4. The van der Waals surface area contributed by atoms with Gasteiger partial charge in [0.1, 0.15) is 11.4 Å². The number of thiazole rings is 1. The van der Waals surface area contributed by atoms with E-state index in [1.165, 1.54) is 0 Å². The number of rotatable bonds is 4. The van der Waals surface area contributed by atoms with Crippen LogP contribution in [-0.2, 0) is 16.1 Å². The number of aromatic nitrogens is 2. The Kier molecular flexibility index (Phi) is 4.35. The smallest absolute Gasteiger partial charge is 0.276 e. The first kappa shape index (κ1) is 16.7. The van der Waals surface area contributed by atoms with E-state index in [0.29, 0.717) is 37.8 Å². The Hall–Kier alpha value is -1.77. The van der Waals surface area contributed by atoms with Gasteiger partial charge in [0.25, 0.3) is 5.91 Å². The molecule has 0 saturated carbocycles. The number of ether oxygens (including phenoxy) is 2. The van der Waals surface area contributed by atoms with E-state index in [4.69, 9.17) is 14.0 Å². The lowest BCUT2D eigenvalue weighted by Gasteiger charge is -2.52. The Bertz CT molecular complexity index is 766. The summed E-state index contributed by atoms with van der Waals surface area (Å²) < 4.78 is 17.0. The molecule has 0 N–H and O–H groups in total. The van der Waals surface area contributed by atoms with Gasteiger partial charge in [-0.2, -0.15) is 0 Å². The highest BCUT2D eigenvalue weighted by Crippen LogP contribution is 2.36. The van der Waals surface area contributed by atoms with Crippen molar-refractivity contribution in [3.8, 4) is 0 Å². The number of hydrogen-bond donors (Lipinski definition) is 0. The lowest BCUT2D eigenvalue weighted by molar-refractivity contribution is -0.188. The zero-order valence-corrected chi connectivity index (χ0v) is 15.2. The number of hydrogen-bond acceptors (Lipinski definition) is 7. The fourth-order valence-electron chi connectivity index (χ4n) is 3.45. The van der Waals surface area contributed by atoms with Gasteiger partial charge in [0.2, 0.25) is 0 Å². The molecule has 4 rings (SSSR count). The van der Waals surface area contributed by atoms with Crippen LogP contribution in [0.5, 0.6) is 0 Å². The molecule has 2 aliphatic heterocycles. The normalized spacial score (nSPS) is 22.2. The minimum atomic E-state index is -0.282. The Morgan fingerprint density at radius 1 is 1.48 bits per heavy atom. The molecule has 1 unspecified atom stereocenters. The summed E-state index contributed by atoms with van der Waals surface area (Å²) in [7, 11) is 0. The zero-order chi connectivity index (χ0) is 17.4. The monoisotopic (exact) mass is 363 g/mol. The quantitative estimate of drug-likeness (QED) is 0.830. The molecule has 2 aliphatic rings. The van der Waals surface area contributed by atoms with Crippen LogP contribution in [0.1, 0.15) is 39.8 Å². The molecule has 1 amide bonds. The SMILES string of the molecule is Cc1cc(C(=O)N2CC3(CC(OCc4csc(C)n4)CCO3)C2)no1. The maximum Gasteiger partial charge on any atom is 0.276 e. The first-order valence-corrected chi connectivity index (χ1v) is 9.30. The number of likely N-dealkylation sites (tertiary alicyclic amines) is 1. The molecular formula is C17H21N3O4S. The second-order valence-electron chi connectivity index (χ2n) is 6.80. The van der Waals surface area contributed by atoms with Gasteiger partial charge < -0.3 is 18.9 Å². The third kappa shape index (κ3) is 3.47. The fraction of sp³-hybridized carbons (Fsp3) is 0.588. The van der Waals surface area contributed by atoms with E-state index in [1.807, 2.05) is 12.3 Å². The molecule has 2 fully saturated rings. The van der Waals surface area contributed by atoms with Gasteiger partial charge in [-0.05, 0) is 20.3 Å². The Morgan fingerprint density at radius 3 is 3.00 bits per heavy atom. The summed E-state index contributed by atoms with van der Waals surface area (Å²) >= 11 is 1.64. The van der Waals surface area contributed by atoms with Gasteiger partial charge >= 0.3 is 0 Å². The summed E-state index contributed by atoms with van der Waals surface area (Å²) in [6, 6.07) is 1.66. The summed E-state index contributed by atoms with van der Waals surface area (Å²) in [5.74, 6) is 0.533. The number of nitrogens with zero attached hydrogens (tertiary/aromatic N) is 3. The number of carbonyl (C=O) groups is 1. The van der Waals surface area contributed by atoms with Crippen molar-refractivity contribution >= 4 is 17.2 Å². The number of carbonyl (C=O) groups excluding carboxylic acids is 1. The van der Waals surface area contributed by atoms with Crippen LogP contribution >= 0.6 is 11.3 Å². The van der Waals surface area contributed by atoms with E-state index in [1.54, 1.807) is 29.2 Å². The van der Waals surface area contributed by atoms with Crippen molar-refractivity contribution in [1.29, 1.82) is 0 Å². The predicted octanol–water partition coefficient (Wildman–Crippen LogP) is 2.34. The van der Waals surface area contributed by atoms with E-state index < -0.39 is 0 Å². The molecule has 0 aliphatic carbocycles. The molecule has 4 heterocycles. The number of aryl methyl sites for hydroxylation is 2. The van der Waals surface area contributed by atoms with E-state index in [9.17, 15) is 4.79 Å². The van der Waals surface area contributed by atoms with Crippen molar-refractivity contribution in [3.05, 3.63) is 33.6 Å². The van der Waals surface area contributed by atoms with Crippen molar-refractivity contribution in [2.24, 2.45) is 0 Å². The summed E-state index contributed by atoms with van der Waals surface area (Å²) in [5.41, 5.74) is 1.06. The standard InChI is InChI=1S/C17H21N3O4S/c1-11-5-15(19-24-11)16(21)20-9-17(10-20)6-14(3-4-23-17)22-7-13-8-25-12(2)18-13/h5,8,14H,3-4,6-7,9-10H2,1-2H3. The van der Waals surface area contributed by atoms with Gasteiger partial charge in [-0.1, -0.05) is 5.16 Å². The highest BCUT2D eigenvalue weighted by atomic mass is 32.1. The Morgan fingerprint density at radius 2 is 2.32 bits per heavy atom. The lowest BCUT2D eigenvalue weighted by Crippen LogP contribution is -2.67. The van der Waals surface area contributed by atoms with Crippen molar-refractivity contribution in [2.45, 2.75) is 45.0 Å². The molecule has 25 heavy (non-hydrogen) atoms. The summed E-state index contributed by atoms with van der Waals surface area (Å²) in [6.07, 6.45) is 1.82. The molecule has 2 aromatic heterocycles. The van der Waals surface area contributed by atoms with Crippen LogP contribution in [0.2, 0.25) is 0 Å². The van der Waals surface area contributed by atoms with E-state index in [0.717, 1.165) is 23.5 Å². The Labute approximate surface area is 149 Å². The lowest BCUT2D eigenvalue weighted by atomic mass is 9.84. The van der Waals surface area contributed by atoms with E-state index >= 15 is 0 Å². The summed E-state index contributed by atoms with van der Waals surface area (Å²) in [4.78, 5) is 18.6. The molecule has 1 spiro atoms. The molecule has 7 nitrogen and oxygen atoms in total. The molecule has 0 bridgehead atoms. The molecular weight excluding hydrogens is 342 g/mol. The average molecular weight is 363 g/mol. The summed E-state index contributed by atoms with van der Waals surface area (Å²) in [5, 5.41) is 6.88. The fourth-order valence-corrected chi connectivity index (χ4v) is 4.04. The molecule has 0 radical (unpaired) electrons. The molecule has 8 heteroatoms. The first-order valence-electron chi connectivity index (χ1n) is 8.42. The minimum absolute atomic E-state index is 0.105. The van der Waals surface area contributed by atoms with Crippen molar-refractivity contribution in [2.75, 3.05) is 19.7 Å². The van der Waals surface area contributed by atoms with Gasteiger partial charge in [0.05, 0.1) is 36.5 Å². The Balaban J connectivity index is 1.30. The molecule has 2 aromatic rings. The van der Waals surface area contributed by atoms with Crippen molar-refractivity contribution in [3.63, 3.8) is 0 Å². The highest BCUT2D eigenvalue weighted by molar-refractivity contribution is 7.09. The maximum absolute atomic E-state index is 12.4. The van der Waals surface area contributed by atoms with Gasteiger partial charge in [-0.15, -0.1) is 11.3 Å². The largest absolute Gasteiger partial charge is 0.372 e. The van der Waals surface area contributed by atoms with Crippen molar-refractivity contribution < 1.29 is 18.8 Å². The van der Waals surface area contributed by atoms with Gasteiger partial charge in [-0.25, -0.2) is 4.98 Å². The first-order chi connectivity index (χ1) is 12.0. The van der Waals surface area contributed by atoms with E-state index in [-0.39, 0.29) is 17.6 Å². The zero-order valence-electron chi connectivity index (χ0n) is 14.4. The topological polar surface area (TPSA) is 77.7 Å². The van der Waals surface area contributed by atoms with E-state index in [2.05, 4.69) is 10.1 Å². The van der Waals surface area contributed by atoms with Crippen LogP contribution in [0.4, 0.5) is 0 Å². The molecule has 2 saturated heterocycles. The highest BCUT2D eigenvalue weighted by Gasteiger charge is 2.50. The van der Waals surface area contributed by atoms with Gasteiger partial charge in [-0.3, -0.25) is 4.79 Å². The van der Waals surface area contributed by atoms with Gasteiger partial charge in [0.15, 0.2) is 5.69 Å². The third-order valence-electron chi connectivity index (χ3n) is 4.67. The average Bonchev–Trinajstić information content (AvgIpc) is 3.18. The second-order valence-corrected chi connectivity index (χ2v) is 7.86. The number of amides is 1. The molecule has 134 valence electrons. The minimum Gasteiger partial charge on any atom is -0.372 e. The van der Waals surface area contributed by atoms with Crippen molar-refractivity contribution in [1.82, 2.24) is 15.0 Å². The van der Waals surface area contributed by atoms with Crippen LogP contribution in [-0.4, -0.2) is 52.3 Å². The van der Waals surface area contributed by atoms with Crippen LogP contribution in [0, 0.1) is 13.8 Å². The summed E-state index contributed by atoms with van der Waals surface area (Å²) in [6.45, 7) is 6.12. The molecule has 0 aromatic carbocycles. The predicted molar refractivity (Wildman–Crippen MR) is 90.5 cm³/mol. The van der Waals surface area contributed by atoms with Crippen LogP contribution in [0.3, 0.4) is 0 Å². The van der Waals surface area contributed by atoms with Crippen LogP contribution in [0.25, 0.3) is 0 Å². The second kappa shape index (κ2) is 6.51. The van der Waals surface area contributed by atoms with Crippen LogP contribution in [0.15, 0.2) is 16.0 Å². The molecule has 1 atom stereocenters. The third-order valence-corrected chi connectivity index (χ3v) is 5.50. The van der Waals surface area contributed by atoms with Gasteiger partial charge in [0, 0.05) is 24.5 Å².